The highest BCUT2D eigenvalue weighted by Crippen LogP contribution is 2.40. The maximum atomic E-state index is 12.7. The van der Waals surface area contributed by atoms with Crippen LogP contribution in [0.2, 0.25) is 0 Å². The molecular weight excluding hydrogens is 334 g/mol. The fourth-order valence-electron chi connectivity index (χ4n) is 3.36. The number of carbonyl (C=O) groups is 1. The lowest BCUT2D eigenvalue weighted by atomic mass is 9.86. The minimum Gasteiger partial charge on any atom is -0.328 e. The lowest BCUT2D eigenvalue weighted by Crippen LogP contribution is -2.31. The van der Waals surface area contributed by atoms with Crippen molar-refractivity contribution in [2.24, 2.45) is 0 Å². The van der Waals surface area contributed by atoms with Crippen LogP contribution >= 0.6 is 11.8 Å². The van der Waals surface area contributed by atoms with Gasteiger partial charge >= 0.3 is 0 Å². The number of ketones is 1. The van der Waals surface area contributed by atoms with E-state index in [2.05, 4.69) is 22.2 Å². The molecule has 1 atom stereocenters. The number of carbonyl (C=O) groups excluding carboxylic acids is 1. The summed E-state index contributed by atoms with van der Waals surface area (Å²) in [5.41, 5.74) is 2.86. The molecule has 2 aromatic heterocycles. The Labute approximate surface area is 151 Å². The van der Waals surface area contributed by atoms with E-state index in [1.54, 1.807) is 24.2 Å². The fraction of sp³-hybridized carbons (Fsp3) is 0.444. The normalized spacial score (nSPS) is 19.4. The number of aromatic nitrogens is 4. The summed E-state index contributed by atoms with van der Waals surface area (Å²) >= 11 is 1.67. The number of pyridine rings is 1. The van der Waals surface area contributed by atoms with Crippen molar-refractivity contribution >= 4 is 23.5 Å². The van der Waals surface area contributed by atoms with Crippen LogP contribution < -0.4 is 5.32 Å². The smallest absolute Gasteiger partial charge is 0.227 e. The Balaban J connectivity index is 1.75. The zero-order valence-corrected chi connectivity index (χ0v) is 15.1. The molecule has 0 fully saturated rings. The van der Waals surface area contributed by atoms with Crippen LogP contribution in [0.5, 0.6) is 0 Å². The minimum absolute atomic E-state index is 0.205. The van der Waals surface area contributed by atoms with Gasteiger partial charge in [-0.2, -0.15) is 4.98 Å². The predicted octanol–water partition coefficient (Wildman–Crippen LogP) is 3.59. The molecule has 0 saturated heterocycles. The number of rotatable bonds is 5. The second kappa shape index (κ2) is 7.00. The van der Waals surface area contributed by atoms with Crippen LogP contribution in [0.15, 0.2) is 41.0 Å². The molecule has 130 valence electrons. The molecule has 0 spiro atoms. The number of hydrogen-bond donors (Lipinski definition) is 1. The van der Waals surface area contributed by atoms with Crippen LogP contribution in [0, 0.1) is 0 Å². The molecule has 2 aromatic rings. The molecule has 0 bridgehead atoms. The number of hydrogen-bond acceptors (Lipinski definition) is 6. The molecule has 4 rings (SSSR count). The quantitative estimate of drug-likeness (QED) is 0.653. The van der Waals surface area contributed by atoms with E-state index in [9.17, 15) is 4.79 Å². The summed E-state index contributed by atoms with van der Waals surface area (Å²) in [6.45, 7) is 2.18. The van der Waals surface area contributed by atoms with Gasteiger partial charge in [-0.1, -0.05) is 25.1 Å². The van der Waals surface area contributed by atoms with Gasteiger partial charge in [0, 0.05) is 35.8 Å². The van der Waals surface area contributed by atoms with Crippen molar-refractivity contribution in [2.45, 2.75) is 50.2 Å². The molecule has 1 N–H and O–H groups in total. The van der Waals surface area contributed by atoms with Crippen LogP contribution in [0.4, 0.5) is 5.95 Å². The second-order valence-electron chi connectivity index (χ2n) is 6.34. The van der Waals surface area contributed by atoms with Crippen molar-refractivity contribution in [1.29, 1.82) is 0 Å². The Kier molecular flexibility index (Phi) is 4.57. The van der Waals surface area contributed by atoms with E-state index in [1.807, 2.05) is 16.8 Å². The van der Waals surface area contributed by atoms with E-state index in [1.165, 1.54) is 0 Å². The number of allylic oxidation sites excluding steroid dienone is 2. The van der Waals surface area contributed by atoms with Crippen molar-refractivity contribution in [3.05, 3.63) is 41.4 Å². The first kappa shape index (κ1) is 16.3. The van der Waals surface area contributed by atoms with Crippen molar-refractivity contribution in [1.82, 2.24) is 19.7 Å². The lowest BCUT2D eigenvalue weighted by Gasteiger charge is -2.32. The molecule has 7 heteroatoms. The topological polar surface area (TPSA) is 72.7 Å². The molecule has 0 aromatic carbocycles. The van der Waals surface area contributed by atoms with Gasteiger partial charge in [0.05, 0.1) is 0 Å². The third-order valence-electron chi connectivity index (χ3n) is 4.60. The van der Waals surface area contributed by atoms with Gasteiger partial charge in [-0.3, -0.25) is 9.78 Å². The highest BCUT2D eigenvalue weighted by Gasteiger charge is 2.36. The van der Waals surface area contributed by atoms with E-state index in [-0.39, 0.29) is 11.8 Å². The van der Waals surface area contributed by atoms with Crippen LogP contribution in [-0.2, 0) is 4.79 Å². The van der Waals surface area contributed by atoms with E-state index >= 15 is 0 Å². The first-order valence-corrected chi connectivity index (χ1v) is 9.79. The molecule has 25 heavy (non-hydrogen) atoms. The van der Waals surface area contributed by atoms with Gasteiger partial charge in [0.1, 0.15) is 6.04 Å². The van der Waals surface area contributed by atoms with Crippen LogP contribution in [0.3, 0.4) is 0 Å². The highest BCUT2D eigenvalue weighted by molar-refractivity contribution is 7.99. The molecule has 0 amide bonds. The number of nitrogens with zero attached hydrogens (tertiary/aromatic N) is 4. The molecule has 6 nitrogen and oxygen atoms in total. The lowest BCUT2D eigenvalue weighted by molar-refractivity contribution is -0.116. The summed E-state index contributed by atoms with van der Waals surface area (Å²) in [5, 5.41) is 8.83. The number of unbranched alkanes of at least 4 members (excludes halogenated alkanes) is 1. The molecule has 3 heterocycles. The zero-order valence-electron chi connectivity index (χ0n) is 14.2. The summed E-state index contributed by atoms with van der Waals surface area (Å²) in [7, 11) is 0. The van der Waals surface area contributed by atoms with Crippen LogP contribution in [0.25, 0.3) is 0 Å². The monoisotopic (exact) mass is 355 g/mol. The Morgan fingerprint density at radius 1 is 1.32 bits per heavy atom. The SMILES string of the molecule is CCCCSc1nc2n(n1)C(c1ccncc1)C1=C(CCCC1=O)N2. The Morgan fingerprint density at radius 2 is 2.16 bits per heavy atom. The van der Waals surface area contributed by atoms with Crippen molar-refractivity contribution in [3.8, 4) is 0 Å². The average Bonchev–Trinajstić information content (AvgIpc) is 3.03. The first-order chi connectivity index (χ1) is 12.3. The third-order valence-corrected chi connectivity index (χ3v) is 5.52. The number of thioether (sulfide) groups is 1. The van der Waals surface area contributed by atoms with Gasteiger partial charge in [0.2, 0.25) is 11.1 Å². The van der Waals surface area contributed by atoms with E-state index < -0.39 is 0 Å². The largest absolute Gasteiger partial charge is 0.328 e. The Hall–Kier alpha value is -2.15. The zero-order chi connectivity index (χ0) is 17.2. The molecule has 0 saturated carbocycles. The van der Waals surface area contributed by atoms with E-state index in [0.29, 0.717) is 6.42 Å². The standard InChI is InChI=1S/C18H21N5OS/c1-2-3-11-25-18-21-17-20-13-5-4-6-14(24)15(13)16(23(17)22-18)12-7-9-19-10-8-12/h7-10,16H,2-6,11H2,1H3,(H,20,21,22). The summed E-state index contributed by atoms with van der Waals surface area (Å²) in [5.74, 6) is 1.94. The maximum Gasteiger partial charge on any atom is 0.227 e. The summed E-state index contributed by atoms with van der Waals surface area (Å²) < 4.78 is 1.87. The Morgan fingerprint density at radius 3 is 2.96 bits per heavy atom. The fourth-order valence-corrected chi connectivity index (χ4v) is 4.27. The number of Topliss-reactive ketones (excluding diaryl/α,β-unsaturated/α-hetero) is 1. The van der Waals surface area contributed by atoms with Gasteiger partial charge in [-0.25, -0.2) is 4.68 Å². The molecule has 2 aliphatic rings. The summed E-state index contributed by atoms with van der Waals surface area (Å²) in [6, 6.07) is 3.70. The first-order valence-electron chi connectivity index (χ1n) is 8.80. The molecule has 0 radical (unpaired) electrons. The van der Waals surface area contributed by atoms with Gasteiger partial charge < -0.3 is 5.32 Å². The molecule has 1 aliphatic carbocycles. The maximum absolute atomic E-state index is 12.7. The van der Waals surface area contributed by atoms with Gasteiger partial charge in [0.15, 0.2) is 5.78 Å². The van der Waals surface area contributed by atoms with Crippen molar-refractivity contribution < 1.29 is 4.79 Å². The van der Waals surface area contributed by atoms with Crippen LogP contribution in [0.1, 0.15) is 50.6 Å². The minimum atomic E-state index is -0.213. The summed E-state index contributed by atoms with van der Waals surface area (Å²) in [6.07, 6.45) is 8.20. The summed E-state index contributed by atoms with van der Waals surface area (Å²) in [4.78, 5) is 21.4. The van der Waals surface area contributed by atoms with Crippen LogP contribution in [-0.4, -0.2) is 31.3 Å². The average molecular weight is 355 g/mol. The Bertz CT molecular complexity index is 814. The number of fused-ring (bicyclic) bond motifs is 1. The second-order valence-corrected chi connectivity index (χ2v) is 7.40. The predicted molar refractivity (Wildman–Crippen MR) is 97.5 cm³/mol. The molecule has 1 aliphatic heterocycles. The van der Waals surface area contributed by atoms with Gasteiger partial charge in [-0.15, -0.1) is 5.10 Å². The highest BCUT2D eigenvalue weighted by atomic mass is 32.2. The van der Waals surface area contributed by atoms with Crippen molar-refractivity contribution in [2.75, 3.05) is 11.1 Å². The van der Waals surface area contributed by atoms with Crippen molar-refractivity contribution in [3.63, 3.8) is 0 Å². The number of anilines is 1. The number of nitrogens with one attached hydrogen (secondary N) is 1. The molecule has 1 unspecified atom stereocenters. The van der Waals surface area contributed by atoms with Gasteiger partial charge in [0.25, 0.3) is 0 Å². The van der Waals surface area contributed by atoms with E-state index in [0.717, 1.165) is 59.4 Å². The molecular formula is C18H21N5OS. The third kappa shape index (κ3) is 3.08. The van der Waals surface area contributed by atoms with E-state index in [4.69, 9.17) is 5.10 Å². The van der Waals surface area contributed by atoms with Gasteiger partial charge in [-0.05, 0) is 37.0 Å².